The molecule has 11 heteroatoms. The fourth-order valence-electron chi connectivity index (χ4n) is 3.65. The first-order valence-corrected chi connectivity index (χ1v) is 11.8. The summed E-state index contributed by atoms with van der Waals surface area (Å²) >= 11 is 7.79. The lowest BCUT2D eigenvalue weighted by atomic mass is 10.1. The summed E-state index contributed by atoms with van der Waals surface area (Å²) in [6.45, 7) is -1.19. The number of rotatable bonds is 6. The van der Waals surface area contributed by atoms with E-state index >= 15 is 0 Å². The molecule has 2 atom stereocenters. The van der Waals surface area contributed by atoms with Crippen molar-refractivity contribution < 1.29 is 18.3 Å². The maximum Gasteiger partial charge on any atom is 0.405 e. The predicted octanol–water partition coefficient (Wildman–Crippen LogP) is 5.20. The van der Waals surface area contributed by atoms with E-state index in [2.05, 4.69) is 37.4 Å². The van der Waals surface area contributed by atoms with Crippen molar-refractivity contribution >= 4 is 34.7 Å². The number of aliphatic hydroxyl groups is 1. The van der Waals surface area contributed by atoms with Crippen molar-refractivity contribution in [2.75, 3.05) is 23.8 Å². The van der Waals surface area contributed by atoms with Crippen molar-refractivity contribution in [1.82, 2.24) is 15.0 Å². The normalized spacial score (nSPS) is 17.8. The summed E-state index contributed by atoms with van der Waals surface area (Å²) < 4.78 is 37.9. The molecule has 0 bridgehead atoms. The molecule has 0 unspecified atom stereocenters. The summed E-state index contributed by atoms with van der Waals surface area (Å²) in [5.74, 6) is 6.23. The molecule has 3 N–H and O–H groups in total. The molecule has 1 aliphatic rings. The number of aliphatic hydroxyl groups excluding tert-OH is 1. The third-order valence-electron chi connectivity index (χ3n) is 5.29. The number of nitrogens with one attached hydrogen (secondary N) is 2. The Hall–Kier alpha value is -2.87. The lowest BCUT2D eigenvalue weighted by Gasteiger charge is -2.17. The number of nitrogens with zero attached hydrogens (tertiary/aromatic N) is 3. The molecule has 3 aromatic rings. The third-order valence-corrected chi connectivity index (χ3v) is 6.58. The molecular formula is C23H21ClF3N5OS. The second-order valence-corrected chi connectivity index (χ2v) is 9.30. The van der Waals surface area contributed by atoms with Crippen molar-refractivity contribution in [3.05, 3.63) is 52.1 Å². The number of hydrogen-bond acceptors (Lipinski definition) is 7. The Morgan fingerprint density at radius 3 is 2.71 bits per heavy atom. The molecule has 6 nitrogen and oxygen atoms in total. The minimum absolute atomic E-state index is 0.00312. The molecule has 178 valence electrons. The molecule has 0 amide bonds. The van der Waals surface area contributed by atoms with Crippen LogP contribution in [0.25, 0.3) is 10.6 Å². The summed E-state index contributed by atoms with van der Waals surface area (Å²) in [6, 6.07) is 9.44. The first-order valence-electron chi connectivity index (χ1n) is 10.6. The molecule has 0 radical (unpaired) electrons. The molecule has 4 rings (SSSR count). The van der Waals surface area contributed by atoms with Crippen LogP contribution >= 0.6 is 22.9 Å². The van der Waals surface area contributed by atoms with Gasteiger partial charge in [0.2, 0.25) is 5.95 Å². The highest BCUT2D eigenvalue weighted by Gasteiger charge is 2.28. The van der Waals surface area contributed by atoms with Crippen molar-refractivity contribution in [1.29, 1.82) is 0 Å². The second-order valence-electron chi connectivity index (χ2n) is 7.86. The van der Waals surface area contributed by atoms with E-state index in [4.69, 9.17) is 11.6 Å². The predicted molar refractivity (Wildman–Crippen MR) is 127 cm³/mol. The zero-order valence-electron chi connectivity index (χ0n) is 17.9. The third kappa shape index (κ3) is 6.38. The topological polar surface area (TPSA) is 83.0 Å². The number of thiophene rings is 1. The summed E-state index contributed by atoms with van der Waals surface area (Å²) in [5.41, 5.74) is 1.14. The molecule has 0 saturated heterocycles. The Kier molecular flexibility index (Phi) is 7.56. The summed E-state index contributed by atoms with van der Waals surface area (Å²) in [5, 5.41) is 14.8. The quantitative estimate of drug-likeness (QED) is 0.314. The van der Waals surface area contributed by atoms with Gasteiger partial charge in [-0.25, -0.2) is 0 Å². The van der Waals surface area contributed by atoms with Crippen LogP contribution in [0.5, 0.6) is 0 Å². The van der Waals surface area contributed by atoms with E-state index < -0.39 is 12.7 Å². The van der Waals surface area contributed by atoms with Gasteiger partial charge in [-0.2, -0.15) is 23.1 Å². The summed E-state index contributed by atoms with van der Waals surface area (Å²) in [6.07, 6.45) is -0.350. The summed E-state index contributed by atoms with van der Waals surface area (Å²) in [7, 11) is 0. The van der Waals surface area contributed by atoms with Gasteiger partial charge in [0.05, 0.1) is 15.4 Å². The van der Waals surface area contributed by atoms with E-state index in [9.17, 15) is 18.3 Å². The van der Waals surface area contributed by atoms with Gasteiger partial charge in [0.1, 0.15) is 17.9 Å². The number of hydrogen-bond donors (Lipinski definition) is 3. The molecule has 0 aromatic carbocycles. The molecule has 1 aliphatic carbocycles. The van der Waals surface area contributed by atoms with Crippen molar-refractivity contribution in [2.24, 2.45) is 5.92 Å². The minimum atomic E-state index is -4.42. The molecule has 3 heterocycles. The van der Waals surface area contributed by atoms with Crippen LogP contribution in [0.2, 0.25) is 5.15 Å². The molecule has 34 heavy (non-hydrogen) atoms. The Morgan fingerprint density at radius 1 is 1.15 bits per heavy atom. The van der Waals surface area contributed by atoms with Gasteiger partial charge in [-0.1, -0.05) is 29.5 Å². The van der Waals surface area contributed by atoms with Crippen LogP contribution in [0.15, 0.2) is 36.5 Å². The van der Waals surface area contributed by atoms with Crippen LogP contribution in [0, 0.1) is 17.8 Å². The standard InChI is InChI=1S/C23H21ClF3N5OS/c24-20-17(8-6-16-7-9-19(34-16)18-3-1-2-10-28-18)21(30-15-5-4-14(11-15)12-33)32-22(31-20)29-13-23(25,26)27/h1-3,7,9-10,14-15,33H,4-5,11-13H2,(H2,29,30,31,32)/t14-,15+/m1/s1. The lowest BCUT2D eigenvalue weighted by Crippen LogP contribution is -2.23. The number of pyridine rings is 1. The van der Waals surface area contributed by atoms with Gasteiger partial charge in [0.25, 0.3) is 0 Å². The van der Waals surface area contributed by atoms with Crippen LogP contribution in [-0.4, -0.2) is 45.4 Å². The molecule has 0 aliphatic heterocycles. The van der Waals surface area contributed by atoms with Crippen LogP contribution in [0.3, 0.4) is 0 Å². The zero-order valence-corrected chi connectivity index (χ0v) is 19.4. The Balaban J connectivity index is 1.61. The minimum Gasteiger partial charge on any atom is -0.396 e. The molecule has 1 saturated carbocycles. The Bertz CT molecular complexity index is 1190. The van der Waals surface area contributed by atoms with Gasteiger partial charge < -0.3 is 15.7 Å². The number of aromatic nitrogens is 3. The van der Waals surface area contributed by atoms with E-state index in [1.54, 1.807) is 6.20 Å². The van der Waals surface area contributed by atoms with Crippen LogP contribution < -0.4 is 10.6 Å². The molecule has 0 spiro atoms. The van der Waals surface area contributed by atoms with Crippen molar-refractivity contribution in [3.63, 3.8) is 0 Å². The largest absolute Gasteiger partial charge is 0.405 e. The van der Waals surface area contributed by atoms with Gasteiger partial charge in [-0.15, -0.1) is 11.3 Å². The van der Waals surface area contributed by atoms with Gasteiger partial charge in [0, 0.05) is 18.8 Å². The fraction of sp³-hybridized carbons (Fsp3) is 0.348. The van der Waals surface area contributed by atoms with Crippen LogP contribution in [0.1, 0.15) is 29.7 Å². The average molecular weight is 508 g/mol. The van der Waals surface area contributed by atoms with Crippen LogP contribution in [0.4, 0.5) is 24.9 Å². The van der Waals surface area contributed by atoms with E-state index in [1.165, 1.54) is 11.3 Å². The van der Waals surface area contributed by atoms with Crippen molar-refractivity contribution in [2.45, 2.75) is 31.5 Å². The smallest absolute Gasteiger partial charge is 0.396 e. The lowest BCUT2D eigenvalue weighted by molar-refractivity contribution is -0.115. The van der Waals surface area contributed by atoms with E-state index in [0.29, 0.717) is 12.0 Å². The maximum atomic E-state index is 12.6. The summed E-state index contributed by atoms with van der Waals surface area (Å²) in [4.78, 5) is 14.2. The highest BCUT2D eigenvalue weighted by atomic mass is 35.5. The van der Waals surface area contributed by atoms with Gasteiger partial charge in [-0.3, -0.25) is 4.98 Å². The number of alkyl halides is 3. The van der Waals surface area contributed by atoms with E-state index in [-0.39, 0.29) is 35.5 Å². The first-order chi connectivity index (χ1) is 16.3. The SMILES string of the molecule is OC[C@@H]1CC[C@H](Nc2nc(NCC(F)(F)F)nc(Cl)c2C#Cc2ccc(-c3ccccn3)s2)C1. The number of anilines is 2. The van der Waals surface area contributed by atoms with Gasteiger partial charge >= 0.3 is 6.18 Å². The fourth-order valence-corrected chi connectivity index (χ4v) is 4.70. The second kappa shape index (κ2) is 10.6. The molecular weight excluding hydrogens is 487 g/mol. The average Bonchev–Trinajstić information content (AvgIpc) is 3.47. The van der Waals surface area contributed by atoms with Crippen molar-refractivity contribution in [3.8, 4) is 22.4 Å². The van der Waals surface area contributed by atoms with Gasteiger partial charge in [0.15, 0.2) is 5.15 Å². The number of halogens is 4. The van der Waals surface area contributed by atoms with Gasteiger partial charge in [-0.05, 0) is 49.4 Å². The maximum absolute atomic E-state index is 12.6. The molecule has 3 aromatic heterocycles. The Labute approximate surface area is 203 Å². The monoisotopic (exact) mass is 507 g/mol. The Morgan fingerprint density at radius 2 is 2.00 bits per heavy atom. The highest BCUT2D eigenvalue weighted by molar-refractivity contribution is 7.16. The van der Waals surface area contributed by atoms with Crippen LogP contribution in [-0.2, 0) is 0 Å². The zero-order chi connectivity index (χ0) is 24.1. The highest BCUT2D eigenvalue weighted by Crippen LogP contribution is 2.31. The first kappa shape index (κ1) is 24.3. The van der Waals surface area contributed by atoms with E-state index in [0.717, 1.165) is 28.3 Å². The van der Waals surface area contributed by atoms with E-state index in [1.807, 2.05) is 30.3 Å². The molecule has 1 fully saturated rings.